The van der Waals surface area contributed by atoms with E-state index < -0.39 is 11.8 Å². The Bertz CT molecular complexity index is 618. The third-order valence-corrected chi connectivity index (χ3v) is 4.37. The number of nitrogens with zero attached hydrogens (tertiary/aromatic N) is 1. The first kappa shape index (κ1) is 18.9. The molecule has 1 aliphatic rings. The smallest absolute Gasteiger partial charge is 0.303 e. The summed E-state index contributed by atoms with van der Waals surface area (Å²) in [5.74, 6) is -1.38. The van der Waals surface area contributed by atoms with Crippen LogP contribution < -0.4 is 5.32 Å². The predicted molar refractivity (Wildman–Crippen MR) is 89.5 cm³/mol. The van der Waals surface area contributed by atoms with E-state index in [2.05, 4.69) is 5.32 Å². The van der Waals surface area contributed by atoms with Crippen LogP contribution in [0.3, 0.4) is 0 Å². The molecule has 0 aromatic heterocycles. The number of carbonyl (C=O) groups excluding carboxylic acids is 2. The third-order valence-electron chi connectivity index (χ3n) is 4.37. The monoisotopic (exact) mass is 350 g/mol. The number of hydrogen-bond donors (Lipinski definition) is 2. The zero-order valence-electron chi connectivity index (χ0n) is 14.0. The number of rotatable bonds is 7. The molecule has 0 radical (unpaired) electrons. The van der Waals surface area contributed by atoms with E-state index in [1.165, 1.54) is 24.3 Å². The van der Waals surface area contributed by atoms with Crippen LogP contribution in [0.2, 0.25) is 0 Å². The summed E-state index contributed by atoms with van der Waals surface area (Å²) in [6.07, 6.45) is 2.72. The second-order valence-electron chi connectivity index (χ2n) is 6.29. The maximum Gasteiger partial charge on any atom is 0.303 e. The molecule has 1 aromatic rings. The Kier molecular flexibility index (Phi) is 6.91. The molecule has 6 nitrogen and oxygen atoms in total. The van der Waals surface area contributed by atoms with E-state index in [-0.39, 0.29) is 37.1 Å². The number of carbonyl (C=O) groups is 3. The molecule has 1 saturated heterocycles. The SMILES string of the molecule is O=C(O)CCC1CCCN(C(=O)CCNC(=O)c2ccc(F)cc2)C1. The Balaban J connectivity index is 1.73. The number of aliphatic carboxylic acids is 1. The van der Waals surface area contributed by atoms with Crippen LogP contribution in [0, 0.1) is 11.7 Å². The first-order valence-corrected chi connectivity index (χ1v) is 8.49. The zero-order valence-corrected chi connectivity index (χ0v) is 14.0. The molecule has 1 aromatic carbocycles. The van der Waals surface area contributed by atoms with Crippen molar-refractivity contribution < 1.29 is 23.9 Å². The summed E-state index contributed by atoms with van der Waals surface area (Å²) in [7, 11) is 0. The van der Waals surface area contributed by atoms with Crippen LogP contribution in [-0.2, 0) is 9.59 Å². The number of likely N-dealkylation sites (tertiary alicyclic amines) is 1. The van der Waals surface area contributed by atoms with Gasteiger partial charge in [0, 0.05) is 38.0 Å². The summed E-state index contributed by atoms with van der Waals surface area (Å²) in [6, 6.07) is 5.21. The maximum atomic E-state index is 12.8. The van der Waals surface area contributed by atoms with E-state index in [9.17, 15) is 18.8 Å². The number of hydrogen-bond acceptors (Lipinski definition) is 3. The average Bonchev–Trinajstić information content (AvgIpc) is 2.60. The van der Waals surface area contributed by atoms with Crippen molar-refractivity contribution in [3.63, 3.8) is 0 Å². The average molecular weight is 350 g/mol. The molecular formula is C18H23FN2O4. The summed E-state index contributed by atoms with van der Waals surface area (Å²) < 4.78 is 12.8. The summed E-state index contributed by atoms with van der Waals surface area (Å²) in [6.45, 7) is 1.47. The highest BCUT2D eigenvalue weighted by atomic mass is 19.1. The van der Waals surface area contributed by atoms with Crippen molar-refractivity contribution in [3.05, 3.63) is 35.6 Å². The molecule has 1 fully saturated rings. The van der Waals surface area contributed by atoms with Crippen LogP contribution in [0.15, 0.2) is 24.3 Å². The number of benzene rings is 1. The zero-order chi connectivity index (χ0) is 18.2. The third kappa shape index (κ3) is 6.17. The molecule has 1 atom stereocenters. The minimum Gasteiger partial charge on any atom is -0.481 e. The first-order valence-electron chi connectivity index (χ1n) is 8.49. The molecule has 2 N–H and O–H groups in total. The van der Waals surface area contributed by atoms with Gasteiger partial charge in [-0.25, -0.2) is 4.39 Å². The number of piperidine rings is 1. The highest BCUT2D eigenvalue weighted by molar-refractivity contribution is 5.94. The molecule has 0 bridgehead atoms. The lowest BCUT2D eigenvalue weighted by atomic mass is 9.93. The molecule has 7 heteroatoms. The molecule has 0 saturated carbocycles. The fourth-order valence-corrected chi connectivity index (χ4v) is 3.00. The van der Waals surface area contributed by atoms with Crippen LogP contribution in [0.25, 0.3) is 0 Å². The van der Waals surface area contributed by atoms with Gasteiger partial charge in [-0.1, -0.05) is 0 Å². The van der Waals surface area contributed by atoms with Crippen LogP contribution >= 0.6 is 0 Å². The number of amides is 2. The minimum atomic E-state index is -0.813. The van der Waals surface area contributed by atoms with Crippen LogP contribution in [0.5, 0.6) is 0 Å². The van der Waals surface area contributed by atoms with Gasteiger partial charge in [0.15, 0.2) is 0 Å². The number of halogens is 1. The van der Waals surface area contributed by atoms with Gasteiger partial charge >= 0.3 is 5.97 Å². The highest BCUT2D eigenvalue weighted by Crippen LogP contribution is 2.21. The van der Waals surface area contributed by atoms with Gasteiger partial charge < -0.3 is 15.3 Å². The predicted octanol–water partition coefficient (Wildman–Crippen LogP) is 2.05. The molecule has 2 amide bonds. The van der Waals surface area contributed by atoms with Crippen molar-refractivity contribution in [2.75, 3.05) is 19.6 Å². The Morgan fingerprint density at radius 3 is 2.60 bits per heavy atom. The molecule has 25 heavy (non-hydrogen) atoms. The van der Waals surface area contributed by atoms with Gasteiger partial charge in [-0.3, -0.25) is 14.4 Å². The normalized spacial score (nSPS) is 17.2. The lowest BCUT2D eigenvalue weighted by Gasteiger charge is -2.32. The van der Waals surface area contributed by atoms with Gasteiger partial charge in [0.05, 0.1) is 0 Å². The summed E-state index contributed by atoms with van der Waals surface area (Å²) >= 11 is 0. The first-order chi connectivity index (χ1) is 12.0. The van der Waals surface area contributed by atoms with E-state index in [1.807, 2.05) is 0 Å². The lowest BCUT2D eigenvalue weighted by Crippen LogP contribution is -2.41. The van der Waals surface area contributed by atoms with Crippen molar-refractivity contribution in [2.24, 2.45) is 5.92 Å². The highest BCUT2D eigenvalue weighted by Gasteiger charge is 2.23. The van der Waals surface area contributed by atoms with Crippen molar-refractivity contribution in [2.45, 2.75) is 32.1 Å². The molecule has 136 valence electrons. The van der Waals surface area contributed by atoms with E-state index in [0.717, 1.165) is 12.8 Å². The second-order valence-corrected chi connectivity index (χ2v) is 6.29. The summed E-state index contributed by atoms with van der Waals surface area (Å²) in [4.78, 5) is 36.6. The number of carboxylic acid groups (broad SMARTS) is 1. The van der Waals surface area contributed by atoms with Gasteiger partial charge in [0.25, 0.3) is 5.91 Å². The second kappa shape index (κ2) is 9.15. The van der Waals surface area contributed by atoms with Crippen molar-refractivity contribution in [1.29, 1.82) is 0 Å². The van der Waals surface area contributed by atoms with Crippen molar-refractivity contribution in [1.82, 2.24) is 10.2 Å². The lowest BCUT2D eigenvalue weighted by molar-refractivity contribution is -0.137. The van der Waals surface area contributed by atoms with E-state index in [1.54, 1.807) is 4.90 Å². The Morgan fingerprint density at radius 1 is 1.20 bits per heavy atom. The Morgan fingerprint density at radius 2 is 1.92 bits per heavy atom. The standard InChI is InChI=1S/C18H23FN2O4/c19-15-6-4-14(5-7-15)18(25)20-10-9-16(22)21-11-1-2-13(12-21)3-8-17(23)24/h4-7,13H,1-3,8-12H2,(H,20,25)(H,23,24). The van der Waals surface area contributed by atoms with Crippen LogP contribution in [0.4, 0.5) is 4.39 Å². The molecule has 1 heterocycles. The minimum absolute atomic E-state index is 0.0422. The number of nitrogens with one attached hydrogen (secondary N) is 1. The fraction of sp³-hybridized carbons (Fsp3) is 0.500. The van der Waals surface area contributed by atoms with Gasteiger partial charge in [-0.2, -0.15) is 0 Å². The maximum absolute atomic E-state index is 12.8. The molecule has 0 aliphatic carbocycles. The van der Waals surface area contributed by atoms with E-state index in [0.29, 0.717) is 25.1 Å². The van der Waals surface area contributed by atoms with Crippen molar-refractivity contribution >= 4 is 17.8 Å². The van der Waals surface area contributed by atoms with Gasteiger partial charge in [-0.15, -0.1) is 0 Å². The summed E-state index contributed by atoms with van der Waals surface area (Å²) in [5.41, 5.74) is 0.348. The van der Waals surface area contributed by atoms with Crippen LogP contribution in [-0.4, -0.2) is 47.4 Å². The Hall–Kier alpha value is -2.44. The molecule has 1 unspecified atom stereocenters. The Labute approximate surface area is 146 Å². The van der Waals surface area contributed by atoms with Gasteiger partial charge in [0.2, 0.25) is 5.91 Å². The van der Waals surface area contributed by atoms with Crippen molar-refractivity contribution in [3.8, 4) is 0 Å². The fourth-order valence-electron chi connectivity index (χ4n) is 3.00. The quantitative estimate of drug-likeness (QED) is 0.788. The van der Waals surface area contributed by atoms with Crippen LogP contribution in [0.1, 0.15) is 42.5 Å². The number of carboxylic acids is 1. The molecule has 2 rings (SSSR count). The topological polar surface area (TPSA) is 86.7 Å². The molecular weight excluding hydrogens is 327 g/mol. The molecule has 0 spiro atoms. The molecule has 1 aliphatic heterocycles. The van der Waals surface area contributed by atoms with Gasteiger partial charge in [-0.05, 0) is 49.4 Å². The van der Waals surface area contributed by atoms with Gasteiger partial charge in [0.1, 0.15) is 5.82 Å². The van der Waals surface area contributed by atoms with E-state index in [4.69, 9.17) is 5.11 Å². The largest absolute Gasteiger partial charge is 0.481 e. The van der Waals surface area contributed by atoms with E-state index >= 15 is 0 Å². The summed E-state index contributed by atoms with van der Waals surface area (Å²) in [5, 5.41) is 11.4.